The molecular weight excluding hydrogens is 292 g/mol. The summed E-state index contributed by atoms with van der Waals surface area (Å²) in [5, 5.41) is 0. The van der Waals surface area contributed by atoms with Crippen molar-refractivity contribution in [3.8, 4) is 5.75 Å². The number of nitrogens with two attached hydrogens (primary N) is 1. The number of amides is 1. The number of rotatable bonds is 5. The van der Waals surface area contributed by atoms with E-state index in [0.717, 1.165) is 12.8 Å². The van der Waals surface area contributed by atoms with Gasteiger partial charge in [-0.25, -0.2) is 13.8 Å². The molecular formula is C15H21F2N3O2. The largest absolute Gasteiger partial charge is 0.485 e. The highest BCUT2D eigenvalue weighted by Gasteiger charge is 2.28. The second kappa shape index (κ2) is 7.49. The van der Waals surface area contributed by atoms with Gasteiger partial charge in [0.05, 0.1) is 0 Å². The highest BCUT2D eigenvalue weighted by atomic mass is 19.3. The number of aromatic nitrogens is 1. The van der Waals surface area contributed by atoms with Gasteiger partial charge in [0.25, 0.3) is 12.3 Å². The summed E-state index contributed by atoms with van der Waals surface area (Å²) in [6.45, 7) is 2.35. The molecule has 0 bridgehead atoms. The van der Waals surface area contributed by atoms with Crippen molar-refractivity contribution in [1.29, 1.82) is 0 Å². The average molecular weight is 313 g/mol. The summed E-state index contributed by atoms with van der Waals surface area (Å²) in [7, 11) is 0. The number of carbonyl (C=O) groups excluding carboxylic acids is 1. The van der Waals surface area contributed by atoms with Gasteiger partial charge in [-0.1, -0.05) is 0 Å². The summed E-state index contributed by atoms with van der Waals surface area (Å²) in [6.07, 6.45) is 0.715. The maximum atomic E-state index is 12.6. The summed E-state index contributed by atoms with van der Waals surface area (Å²) in [4.78, 5) is 18.3. The van der Waals surface area contributed by atoms with Crippen molar-refractivity contribution in [3.05, 3.63) is 24.0 Å². The zero-order valence-electron chi connectivity index (χ0n) is 12.5. The molecule has 1 aromatic heterocycles. The van der Waals surface area contributed by atoms with Crippen LogP contribution < -0.4 is 10.5 Å². The fourth-order valence-electron chi connectivity index (χ4n) is 2.59. The Kier molecular flexibility index (Phi) is 5.65. The van der Waals surface area contributed by atoms with Gasteiger partial charge in [0.1, 0.15) is 6.61 Å². The third kappa shape index (κ3) is 4.13. The van der Waals surface area contributed by atoms with Crippen molar-refractivity contribution in [1.82, 2.24) is 9.88 Å². The van der Waals surface area contributed by atoms with Crippen molar-refractivity contribution in [2.45, 2.75) is 32.2 Å². The van der Waals surface area contributed by atoms with Crippen LogP contribution in [0.5, 0.6) is 5.75 Å². The highest BCUT2D eigenvalue weighted by Crippen LogP contribution is 2.23. The van der Waals surface area contributed by atoms with E-state index in [9.17, 15) is 13.6 Å². The zero-order valence-corrected chi connectivity index (χ0v) is 12.5. The normalized spacial score (nSPS) is 20.0. The molecule has 0 aromatic carbocycles. The van der Waals surface area contributed by atoms with Gasteiger partial charge < -0.3 is 15.4 Å². The van der Waals surface area contributed by atoms with E-state index in [1.54, 1.807) is 11.0 Å². The van der Waals surface area contributed by atoms with Gasteiger partial charge in [-0.05, 0) is 37.8 Å². The lowest BCUT2D eigenvalue weighted by Gasteiger charge is -2.34. The number of nitrogens with zero attached hydrogens (tertiary/aromatic N) is 2. The molecule has 7 heteroatoms. The van der Waals surface area contributed by atoms with Gasteiger partial charge in [-0.3, -0.25) is 4.79 Å². The number of pyridine rings is 1. The molecule has 5 nitrogen and oxygen atoms in total. The van der Waals surface area contributed by atoms with Gasteiger partial charge in [-0.2, -0.15) is 0 Å². The quantitative estimate of drug-likeness (QED) is 0.902. The smallest absolute Gasteiger partial charge is 0.276 e. The van der Waals surface area contributed by atoms with E-state index in [1.807, 2.05) is 6.92 Å². The van der Waals surface area contributed by atoms with E-state index < -0.39 is 13.0 Å². The van der Waals surface area contributed by atoms with Crippen molar-refractivity contribution >= 4 is 5.91 Å². The van der Waals surface area contributed by atoms with E-state index in [2.05, 4.69) is 4.98 Å². The Labute approximate surface area is 128 Å². The van der Waals surface area contributed by atoms with Crippen LogP contribution >= 0.6 is 0 Å². The van der Waals surface area contributed by atoms with E-state index in [4.69, 9.17) is 10.5 Å². The maximum Gasteiger partial charge on any atom is 0.276 e. The summed E-state index contributed by atoms with van der Waals surface area (Å²) in [5.41, 5.74) is 5.99. The number of carbonyl (C=O) groups is 1. The minimum Gasteiger partial charge on any atom is -0.485 e. The van der Waals surface area contributed by atoms with Crippen LogP contribution in [0.2, 0.25) is 0 Å². The third-order valence-electron chi connectivity index (χ3n) is 3.83. The molecule has 1 saturated heterocycles. The first-order valence-corrected chi connectivity index (χ1v) is 7.40. The fraction of sp³-hybridized carbons (Fsp3) is 0.600. The van der Waals surface area contributed by atoms with Crippen LogP contribution in [-0.4, -0.2) is 48.0 Å². The number of piperidine rings is 1. The van der Waals surface area contributed by atoms with Gasteiger partial charge in [0, 0.05) is 25.3 Å². The molecule has 0 radical (unpaired) electrons. The predicted molar refractivity (Wildman–Crippen MR) is 78.0 cm³/mol. The lowest BCUT2D eigenvalue weighted by atomic mass is 9.92. The number of hydrogen-bond donors (Lipinski definition) is 1. The molecule has 122 valence electrons. The Morgan fingerprint density at radius 3 is 3.05 bits per heavy atom. The van der Waals surface area contributed by atoms with Crippen LogP contribution in [0.1, 0.15) is 30.3 Å². The van der Waals surface area contributed by atoms with Gasteiger partial charge in [-0.15, -0.1) is 0 Å². The second-order valence-corrected chi connectivity index (χ2v) is 5.56. The van der Waals surface area contributed by atoms with Crippen molar-refractivity contribution < 1.29 is 18.3 Å². The van der Waals surface area contributed by atoms with E-state index in [-0.39, 0.29) is 29.3 Å². The number of likely N-dealkylation sites (tertiary alicyclic amines) is 1. The second-order valence-electron chi connectivity index (χ2n) is 5.56. The first-order chi connectivity index (χ1) is 10.5. The lowest BCUT2D eigenvalue weighted by Crippen LogP contribution is -2.45. The SMILES string of the molecule is CC(N)C1CCCN(C(=O)c2ncccc2OCC(F)F)C1. The highest BCUT2D eigenvalue weighted by molar-refractivity contribution is 5.95. The van der Waals surface area contributed by atoms with Crippen LogP contribution in [0, 0.1) is 5.92 Å². The Bertz CT molecular complexity index is 511. The molecule has 1 amide bonds. The van der Waals surface area contributed by atoms with Gasteiger partial charge in [0.2, 0.25) is 0 Å². The molecule has 1 aliphatic heterocycles. The molecule has 0 spiro atoms. The van der Waals surface area contributed by atoms with Crippen molar-refractivity contribution in [3.63, 3.8) is 0 Å². The Morgan fingerprint density at radius 2 is 2.36 bits per heavy atom. The predicted octanol–water partition coefficient (Wildman–Crippen LogP) is 1.92. The molecule has 2 unspecified atom stereocenters. The molecule has 2 atom stereocenters. The minimum absolute atomic E-state index is 0.00823. The zero-order chi connectivity index (χ0) is 16.1. The monoisotopic (exact) mass is 313 g/mol. The molecule has 0 aliphatic carbocycles. The summed E-state index contributed by atoms with van der Waals surface area (Å²) < 4.78 is 29.6. The molecule has 2 N–H and O–H groups in total. The van der Waals surface area contributed by atoms with Crippen LogP contribution in [0.4, 0.5) is 8.78 Å². The number of alkyl halides is 2. The average Bonchev–Trinajstić information content (AvgIpc) is 2.52. The molecule has 0 saturated carbocycles. The van der Waals surface area contributed by atoms with Gasteiger partial charge in [0.15, 0.2) is 11.4 Å². The first-order valence-electron chi connectivity index (χ1n) is 7.40. The van der Waals surface area contributed by atoms with Crippen molar-refractivity contribution in [2.75, 3.05) is 19.7 Å². The molecule has 1 aliphatic rings. The Morgan fingerprint density at radius 1 is 1.59 bits per heavy atom. The summed E-state index contributed by atoms with van der Waals surface area (Å²) in [6, 6.07) is 3.04. The van der Waals surface area contributed by atoms with Crippen LogP contribution in [0.3, 0.4) is 0 Å². The van der Waals surface area contributed by atoms with Crippen LogP contribution in [0.15, 0.2) is 18.3 Å². The fourth-order valence-corrected chi connectivity index (χ4v) is 2.59. The minimum atomic E-state index is -2.60. The van der Waals surface area contributed by atoms with Crippen LogP contribution in [-0.2, 0) is 0 Å². The maximum absolute atomic E-state index is 12.6. The Hall–Kier alpha value is -1.76. The molecule has 22 heavy (non-hydrogen) atoms. The van der Waals surface area contributed by atoms with E-state index in [1.165, 1.54) is 12.3 Å². The standard InChI is InChI=1S/C15H21F2N3O2/c1-10(18)11-4-3-7-20(8-11)15(21)14-12(5-2-6-19-14)22-9-13(16)17/h2,5-6,10-11,13H,3-4,7-9,18H2,1H3. The van der Waals surface area contributed by atoms with Crippen LogP contribution in [0.25, 0.3) is 0 Å². The van der Waals surface area contributed by atoms with Crippen molar-refractivity contribution in [2.24, 2.45) is 11.7 Å². The number of hydrogen-bond acceptors (Lipinski definition) is 4. The number of halogens is 2. The molecule has 1 aromatic rings. The Balaban J connectivity index is 2.11. The third-order valence-corrected chi connectivity index (χ3v) is 3.83. The van der Waals surface area contributed by atoms with E-state index >= 15 is 0 Å². The topological polar surface area (TPSA) is 68.5 Å². The summed E-state index contributed by atoms with van der Waals surface area (Å²) >= 11 is 0. The summed E-state index contributed by atoms with van der Waals surface area (Å²) in [5.74, 6) is 0.0396. The molecule has 2 heterocycles. The van der Waals surface area contributed by atoms with Gasteiger partial charge >= 0.3 is 0 Å². The molecule has 1 fully saturated rings. The first kappa shape index (κ1) is 16.6. The molecule has 2 rings (SSSR count). The number of ether oxygens (including phenoxy) is 1. The lowest BCUT2D eigenvalue weighted by molar-refractivity contribution is 0.0627. The van der Waals surface area contributed by atoms with E-state index in [0.29, 0.717) is 13.1 Å².